The van der Waals surface area contributed by atoms with Crippen LogP contribution in [-0.4, -0.2) is 23.1 Å². The SMILES string of the molecule is CCCCN(CCCC)c1cc(C)nc(C)c1C(N)=S. The fourth-order valence-electron chi connectivity index (χ4n) is 2.41. The molecule has 2 N–H and O–H groups in total. The molecular weight excluding hydrogens is 266 g/mol. The van der Waals surface area contributed by atoms with E-state index >= 15 is 0 Å². The van der Waals surface area contributed by atoms with Crippen molar-refractivity contribution in [3.05, 3.63) is 23.0 Å². The Morgan fingerprint density at radius 3 is 2.20 bits per heavy atom. The fraction of sp³-hybridized carbons (Fsp3) is 0.625. The quantitative estimate of drug-likeness (QED) is 0.741. The molecule has 112 valence electrons. The van der Waals surface area contributed by atoms with Crippen LogP contribution in [0.3, 0.4) is 0 Å². The molecule has 0 spiro atoms. The maximum atomic E-state index is 5.93. The summed E-state index contributed by atoms with van der Waals surface area (Å²) >= 11 is 5.24. The van der Waals surface area contributed by atoms with Gasteiger partial charge in [0.1, 0.15) is 4.99 Å². The van der Waals surface area contributed by atoms with Crippen LogP contribution < -0.4 is 10.6 Å². The van der Waals surface area contributed by atoms with E-state index in [0.717, 1.165) is 35.7 Å². The molecule has 0 unspecified atom stereocenters. The van der Waals surface area contributed by atoms with Crippen LogP contribution >= 0.6 is 12.2 Å². The predicted octanol–water partition coefficient (Wildman–Crippen LogP) is 3.74. The second-order valence-electron chi connectivity index (χ2n) is 5.30. The van der Waals surface area contributed by atoms with Gasteiger partial charge in [-0.05, 0) is 32.8 Å². The maximum absolute atomic E-state index is 5.93. The molecule has 1 heterocycles. The third-order valence-corrected chi connectivity index (χ3v) is 3.66. The fourth-order valence-corrected chi connectivity index (χ4v) is 2.66. The van der Waals surface area contributed by atoms with Crippen molar-refractivity contribution >= 4 is 22.9 Å². The monoisotopic (exact) mass is 293 g/mol. The van der Waals surface area contributed by atoms with E-state index in [1.807, 2.05) is 13.8 Å². The van der Waals surface area contributed by atoms with E-state index in [0.29, 0.717) is 4.99 Å². The molecule has 3 nitrogen and oxygen atoms in total. The van der Waals surface area contributed by atoms with Gasteiger partial charge in [-0.15, -0.1) is 0 Å². The lowest BCUT2D eigenvalue weighted by Gasteiger charge is -2.28. The van der Waals surface area contributed by atoms with E-state index in [9.17, 15) is 0 Å². The Hall–Kier alpha value is -1.16. The van der Waals surface area contributed by atoms with Crippen LogP contribution in [0.2, 0.25) is 0 Å². The van der Waals surface area contributed by atoms with Gasteiger partial charge in [-0.2, -0.15) is 0 Å². The summed E-state index contributed by atoms with van der Waals surface area (Å²) in [5, 5.41) is 0. The lowest BCUT2D eigenvalue weighted by atomic mass is 10.1. The number of thiocarbonyl (C=S) groups is 1. The third kappa shape index (κ3) is 4.44. The summed E-state index contributed by atoms with van der Waals surface area (Å²) in [6, 6.07) is 2.12. The number of rotatable bonds is 8. The molecule has 0 saturated carbocycles. The number of hydrogen-bond donors (Lipinski definition) is 1. The van der Waals surface area contributed by atoms with Crippen LogP contribution in [-0.2, 0) is 0 Å². The number of anilines is 1. The van der Waals surface area contributed by atoms with Crippen LogP contribution in [0.15, 0.2) is 6.07 Å². The van der Waals surface area contributed by atoms with Gasteiger partial charge in [0.2, 0.25) is 0 Å². The molecule has 0 saturated heterocycles. The molecule has 0 atom stereocenters. The van der Waals surface area contributed by atoms with E-state index in [4.69, 9.17) is 18.0 Å². The average Bonchev–Trinajstić information content (AvgIpc) is 2.37. The summed E-state index contributed by atoms with van der Waals surface area (Å²) in [5.41, 5.74) is 9.98. The highest BCUT2D eigenvalue weighted by molar-refractivity contribution is 7.80. The van der Waals surface area contributed by atoms with Crippen LogP contribution in [0.4, 0.5) is 5.69 Å². The molecule has 0 aliphatic rings. The Labute approximate surface area is 128 Å². The van der Waals surface area contributed by atoms with Crippen molar-refractivity contribution in [1.29, 1.82) is 0 Å². The third-order valence-electron chi connectivity index (χ3n) is 3.46. The molecule has 0 amide bonds. The van der Waals surface area contributed by atoms with Crippen molar-refractivity contribution in [3.63, 3.8) is 0 Å². The van der Waals surface area contributed by atoms with Crippen LogP contribution in [0.1, 0.15) is 56.5 Å². The minimum atomic E-state index is 0.447. The Bertz CT molecular complexity index is 449. The van der Waals surface area contributed by atoms with Crippen LogP contribution in [0.5, 0.6) is 0 Å². The highest BCUT2D eigenvalue weighted by Crippen LogP contribution is 2.25. The molecule has 0 aromatic carbocycles. The second kappa shape index (κ2) is 8.20. The summed E-state index contributed by atoms with van der Waals surface area (Å²) < 4.78 is 0. The summed E-state index contributed by atoms with van der Waals surface area (Å²) in [6.45, 7) is 10.6. The molecule has 20 heavy (non-hydrogen) atoms. The standard InChI is InChI=1S/C16H27N3S/c1-5-7-9-19(10-8-6-2)14-11-12(3)18-13(4)15(14)16(17)20/h11H,5-10H2,1-4H3,(H2,17,20). The van der Waals surface area contributed by atoms with E-state index in [-0.39, 0.29) is 0 Å². The number of aryl methyl sites for hydroxylation is 2. The lowest BCUT2D eigenvalue weighted by molar-refractivity contribution is 0.676. The number of nitrogens with two attached hydrogens (primary N) is 1. The zero-order valence-corrected chi connectivity index (χ0v) is 14.0. The molecule has 0 fully saturated rings. The zero-order valence-electron chi connectivity index (χ0n) is 13.2. The van der Waals surface area contributed by atoms with Gasteiger partial charge in [0, 0.05) is 24.5 Å². The minimum Gasteiger partial charge on any atom is -0.389 e. The van der Waals surface area contributed by atoms with Gasteiger partial charge in [-0.25, -0.2) is 0 Å². The zero-order chi connectivity index (χ0) is 15.1. The van der Waals surface area contributed by atoms with Gasteiger partial charge in [0.05, 0.1) is 11.3 Å². The number of nitrogens with zero attached hydrogens (tertiary/aromatic N) is 2. The van der Waals surface area contributed by atoms with E-state index in [2.05, 4.69) is 29.8 Å². The summed E-state index contributed by atoms with van der Waals surface area (Å²) in [6.07, 6.45) is 4.74. The maximum Gasteiger partial charge on any atom is 0.107 e. The highest BCUT2D eigenvalue weighted by atomic mass is 32.1. The summed E-state index contributed by atoms with van der Waals surface area (Å²) in [7, 11) is 0. The van der Waals surface area contributed by atoms with E-state index < -0.39 is 0 Å². The molecule has 0 aliphatic carbocycles. The lowest BCUT2D eigenvalue weighted by Crippen LogP contribution is -2.29. The number of aromatic nitrogens is 1. The predicted molar refractivity (Wildman–Crippen MR) is 91.6 cm³/mol. The van der Waals surface area contributed by atoms with Crippen molar-refractivity contribution in [2.24, 2.45) is 5.73 Å². The van der Waals surface area contributed by atoms with Gasteiger partial charge in [0.25, 0.3) is 0 Å². The van der Waals surface area contributed by atoms with E-state index in [1.54, 1.807) is 0 Å². The van der Waals surface area contributed by atoms with Gasteiger partial charge in [-0.3, -0.25) is 4.98 Å². The molecule has 1 aromatic rings. The van der Waals surface area contributed by atoms with Crippen molar-refractivity contribution in [1.82, 2.24) is 4.98 Å². The van der Waals surface area contributed by atoms with Crippen molar-refractivity contribution in [3.8, 4) is 0 Å². The van der Waals surface area contributed by atoms with Gasteiger partial charge in [0.15, 0.2) is 0 Å². The van der Waals surface area contributed by atoms with Gasteiger partial charge in [-0.1, -0.05) is 38.9 Å². The Morgan fingerprint density at radius 2 is 1.75 bits per heavy atom. The summed E-state index contributed by atoms with van der Waals surface area (Å²) in [4.78, 5) is 7.37. The smallest absolute Gasteiger partial charge is 0.107 e. The normalized spacial score (nSPS) is 10.6. The van der Waals surface area contributed by atoms with Crippen LogP contribution in [0.25, 0.3) is 0 Å². The van der Waals surface area contributed by atoms with Crippen LogP contribution in [0, 0.1) is 13.8 Å². The first-order valence-corrected chi connectivity index (χ1v) is 7.95. The summed E-state index contributed by atoms with van der Waals surface area (Å²) in [5.74, 6) is 0. The molecular formula is C16H27N3S. The average molecular weight is 293 g/mol. The van der Waals surface area contributed by atoms with Crippen molar-refractivity contribution in [2.75, 3.05) is 18.0 Å². The largest absolute Gasteiger partial charge is 0.389 e. The van der Waals surface area contributed by atoms with E-state index in [1.165, 1.54) is 25.7 Å². The Morgan fingerprint density at radius 1 is 1.20 bits per heavy atom. The number of unbranched alkanes of at least 4 members (excludes halogenated alkanes) is 2. The van der Waals surface area contributed by atoms with Crippen molar-refractivity contribution in [2.45, 2.75) is 53.4 Å². The molecule has 0 radical (unpaired) electrons. The second-order valence-corrected chi connectivity index (χ2v) is 5.74. The Kier molecular flexibility index (Phi) is 6.93. The first kappa shape index (κ1) is 16.9. The van der Waals surface area contributed by atoms with Crippen molar-refractivity contribution < 1.29 is 0 Å². The first-order chi connectivity index (χ1) is 9.51. The molecule has 1 rings (SSSR count). The first-order valence-electron chi connectivity index (χ1n) is 7.54. The highest BCUT2D eigenvalue weighted by Gasteiger charge is 2.16. The molecule has 0 bridgehead atoms. The Balaban J connectivity index is 3.18. The molecule has 4 heteroatoms. The topological polar surface area (TPSA) is 42.2 Å². The van der Waals surface area contributed by atoms with Gasteiger partial charge >= 0.3 is 0 Å². The van der Waals surface area contributed by atoms with Gasteiger partial charge < -0.3 is 10.6 Å². The number of hydrogen-bond acceptors (Lipinski definition) is 3. The minimum absolute atomic E-state index is 0.447. The molecule has 1 aromatic heterocycles. The molecule has 0 aliphatic heterocycles. The number of pyridine rings is 1.